The van der Waals surface area contributed by atoms with Gasteiger partial charge in [0.15, 0.2) is 0 Å². The van der Waals surface area contributed by atoms with Gasteiger partial charge in [-0.05, 0) is 25.0 Å². The average molecular weight is 353 g/mol. The number of hydrogen-bond acceptors (Lipinski definition) is 4. The van der Waals surface area contributed by atoms with Crippen LogP contribution in [0.25, 0.3) is 0 Å². The Balaban J connectivity index is 2.21. The molecule has 1 fully saturated rings. The summed E-state index contributed by atoms with van der Waals surface area (Å²) in [6, 6.07) is 4.40. The maximum absolute atomic E-state index is 12.6. The molecule has 0 aliphatic carbocycles. The highest BCUT2D eigenvalue weighted by molar-refractivity contribution is 7.89. The van der Waals surface area contributed by atoms with Crippen LogP contribution in [-0.4, -0.2) is 44.9 Å². The Hall–Kier alpha value is -1.32. The van der Waals surface area contributed by atoms with Crippen LogP contribution >= 0.6 is 0 Å². The van der Waals surface area contributed by atoms with E-state index in [9.17, 15) is 21.6 Å². The Morgan fingerprint density at radius 1 is 1.39 bits per heavy atom. The molecule has 0 bridgehead atoms. The molecule has 1 unspecified atom stereocenters. The van der Waals surface area contributed by atoms with Crippen molar-refractivity contribution in [3.8, 4) is 5.75 Å². The molecule has 1 aromatic carbocycles. The summed E-state index contributed by atoms with van der Waals surface area (Å²) in [5.41, 5.74) is 0. The Labute approximate surface area is 133 Å². The van der Waals surface area contributed by atoms with Crippen LogP contribution < -0.4 is 4.74 Å². The maximum Gasteiger partial charge on any atom is 0.573 e. The van der Waals surface area contributed by atoms with E-state index in [1.807, 2.05) is 0 Å². The predicted octanol–water partition coefficient (Wildman–Crippen LogP) is 2.77. The van der Waals surface area contributed by atoms with Crippen molar-refractivity contribution in [2.24, 2.45) is 0 Å². The first-order valence-corrected chi connectivity index (χ1v) is 8.64. The molecule has 130 valence electrons. The van der Waals surface area contributed by atoms with Crippen molar-refractivity contribution in [1.82, 2.24) is 4.31 Å². The van der Waals surface area contributed by atoms with E-state index in [1.165, 1.54) is 16.4 Å². The number of benzene rings is 1. The first-order chi connectivity index (χ1) is 10.7. The summed E-state index contributed by atoms with van der Waals surface area (Å²) < 4.78 is 72.4. The lowest BCUT2D eigenvalue weighted by molar-refractivity contribution is -0.274. The molecule has 0 amide bonds. The first-order valence-electron chi connectivity index (χ1n) is 7.20. The zero-order valence-corrected chi connectivity index (χ0v) is 13.4. The summed E-state index contributed by atoms with van der Waals surface area (Å²) in [4.78, 5) is -0.237. The monoisotopic (exact) mass is 353 g/mol. The van der Waals surface area contributed by atoms with Crippen molar-refractivity contribution in [2.75, 3.05) is 19.7 Å². The van der Waals surface area contributed by atoms with Crippen molar-refractivity contribution < 1.29 is 31.1 Å². The minimum absolute atomic E-state index is 0.181. The summed E-state index contributed by atoms with van der Waals surface area (Å²) in [5, 5.41) is 0. The molecule has 5 nitrogen and oxygen atoms in total. The largest absolute Gasteiger partial charge is 0.573 e. The Morgan fingerprint density at radius 3 is 2.70 bits per heavy atom. The fourth-order valence-corrected chi connectivity index (χ4v) is 3.91. The van der Waals surface area contributed by atoms with Crippen LogP contribution in [0.5, 0.6) is 5.75 Å². The average Bonchev–Trinajstić information content (AvgIpc) is 2.96. The van der Waals surface area contributed by atoms with Gasteiger partial charge >= 0.3 is 6.36 Å². The van der Waals surface area contributed by atoms with Crippen molar-refractivity contribution in [3.05, 3.63) is 24.3 Å². The molecule has 23 heavy (non-hydrogen) atoms. The minimum Gasteiger partial charge on any atom is -0.406 e. The fourth-order valence-electron chi connectivity index (χ4n) is 2.39. The third kappa shape index (κ3) is 4.82. The summed E-state index contributed by atoms with van der Waals surface area (Å²) in [7, 11) is -3.91. The van der Waals surface area contributed by atoms with E-state index < -0.39 is 22.1 Å². The van der Waals surface area contributed by atoms with Crippen molar-refractivity contribution in [1.29, 1.82) is 0 Å². The van der Waals surface area contributed by atoms with Gasteiger partial charge in [0, 0.05) is 25.8 Å². The molecule has 1 aliphatic rings. The molecule has 0 radical (unpaired) electrons. The molecule has 1 heterocycles. The maximum atomic E-state index is 12.6. The lowest BCUT2D eigenvalue weighted by atomic mass is 10.2. The smallest absolute Gasteiger partial charge is 0.406 e. The summed E-state index contributed by atoms with van der Waals surface area (Å²) in [6.07, 6.45) is -3.41. The van der Waals surface area contributed by atoms with Crippen molar-refractivity contribution in [3.63, 3.8) is 0 Å². The second-order valence-corrected chi connectivity index (χ2v) is 7.05. The fraction of sp³-hybridized carbons (Fsp3) is 0.571. The number of likely N-dealkylation sites (N-methyl/N-ethyl adjacent to an activating group) is 1. The lowest BCUT2D eigenvalue weighted by Crippen LogP contribution is -2.37. The van der Waals surface area contributed by atoms with Crippen LogP contribution in [0.1, 0.15) is 19.8 Å². The Kier molecular flexibility index (Phi) is 5.53. The van der Waals surface area contributed by atoms with Gasteiger partial charge in [-0.1, -0.05) is 13.0 Å². The Morgan fingerprint density at radius 2 is 2.13 bits per heavy atom. The van der Waals surface area contributed by atoms with Gasteiger partial charge < -0.3 is 9.47 Å². The molecule has 0 spiro atoms. The zero-order chi connectivity index (χ0) is 17.1. The van der Waals surface area contributed by atoms with Gasteiger partial charge in [-0.2, -0.15) is 4.31 Å². The molecule has 0 N–H and O–H groups in total. The molecule has 1 atom stereocenters. The molecular weight excluding hydrogens is 335 g/mol. The number of alkyl halides is 3. The quantitative estimate of drug-likeness (QED) is 0.789. The van der Waals surface area contributed by atoms with E-state index in [-0.39, 0.29) is 24.1 Å². The third-order valence-electron chi connectivity index (χ3n) is 3.46. The van der Waals surface area contributed by atoms with Crippen LogP contribution in [-0.2, 0) is 14.8 Å². The van der Waals surface area contributed by atoms with Crippen molar-refractivity contribution >= 4 is 10.0 Å². The SMILES string of the molecule is CCN(CC1CCCO1)S(=O)(=O)c1cccc(OC(F)(F)F)c1. The highest BCUT2D eigenvalue weighted by Crippen LogP contribution is 2.27. The standard InChI is InChI=1S/C14H18F3NO4S/c1-2-18(10-12-6-4-8-21-12)23(19,20)13-7-3-5-11(9-13)22-14(15,16)17/h3,5,7,9,12H,2,4,6,8,10H2,1H3. The first kappa shape index (κ1) is 18.0. The highest BCUT2D eigenvalue weighted by atomic mass is 32.2. The van der Waals surface area contributed by atoms with Crippen LogP contribution in [0.15, 0.2) is 29.2 Å². The summed E-state index contributed by atoms with van der Waals surface area (Å²) in [6.45, 7) is 2.65. The zero-order valence-electron chi connectivity index (χ0n) is 12.5. The number of hydrogen-bond donors (Lipinski definition) is 0. The van der Waals surface area contributed by atoms with Gasteiger partial charge in [-0.15, -0.1) is 13.2 Å². The van der Waals surface area contributed by atoms with Crippen LogP contribution in [0, 0.1) is 0 Å². The number of sulfonamides is 1. The van der Waals surface area contributed by atoms with Gasteiger partial charge in [0.05, 0.1) is 11.0 Å². The summed E-state index contributed by atoms with van der Waals surface area (Å²) >= 11 is 0. The molecule has 1 aliphatic heterocycles. The molecule has 0 saturated carbocycles. The van der Waals surface area contributed by atoms with Gasteiger partial charge in [-0.25, -0.2) is 8.42 Å². The molecular formula is C14H18F3NO4S. The molecule has 2 rings (SSSR count). The third-order valence-corrected chi connectivity index (χ3v) is 5.40. The molecule has 0 aromatic heterocycles. The lowest BCUT2D eigenvalue weighted by Gasteiger charge is -2.23. The van der Waals surface area contributed by atoms with E-state index in [0.29, 0.717) is 6.61 Å². The van der Waals surface area contributed by atoms with Gasteiger partial charge in [0.2, 0.25) is 10.0 Å². The Bertz CT molecular complexity index is 627. The second-order valence-electron chi connectivity index (χ2n) is 5.11. The van der Waals surface area contributed by atoms with Gasteiger partial charge in [0.25, 0.3) is 0 Å². The molecule has 9 heteroatoms. The second kappa shape index (κ2) is 7.06. The topological polar surface area (TPSA) is 55.8 Å². The van der Waals surface area contributed by atoms with Crippen molar-refractivity contribution in [2.45, 2.75) is 37.1 Å². The van der Waals surface area contributed by atoms with E-state index in [1.54, 1.807) is 6.92 Å². The predicted molar refractivity (Wildman–Crippen MR) is 76.5 cm³/mol. The van der Waals surface area contributed by atoms with E-state index in [2.05, 4.69) is 4.74 Å². The summed E-state index contributed by atoms with van der Waals surface area (Å²) in [5.74, 6) is -0.563. The number of rotatable bonds is 6. The minimum atomic E-state index is -4.87. The van der Waals surface area contributed by atoms with Crippen LogP contribution in [0.2, 0.25) is 0 Å². The normalized spacial score (nSPS) is 19.3. The molecule has 1 saturated heterocycles. The van der Waals surface area contributed by atoms with Gasteiger partial charge in [-0.3, -0.25) is 0 Å². The number of nitrogens with zero attached hydrogens (tertiary/aromatic N) is 1. The molecule has 1 aromatic rings. The highest BCUT2D eigenvalue weighted by Gasteiger charge is 2.32. The van der Waals surface area contributed by atoms with Crippen LogP contribution in [0.4, 0.5) is 13.2 Å². The number of ether oxygens (including phenoxy) is 2. The van der Waals surface area contributed by atoms with E-state index in [0.717, 1.165) is 25.0 Å². The van der Waals surface area contributed by atoms with E-state index >= 15 is 0 Å². The van der Waals surface area contributed by atoms with E-state index in [4.69, 9.17) is 4.74 Å². The van der Waals surface area contributed by atoms with Gasteiger partial charge in [0.1, 0.15) is 5.75 Å². The van der Waals surface area contributed by atoms with Crippen LogP contribution in [0.3, 0.4) is 0 Å². The number of halogens is 3.